The average Bonchev–Trinajstić information content (AvgIpc) is 3.21. The summed E-state index contributed by atoms with van der Waals surface area (Å²) in [5.74, 6) is 0.369. The van der Waals surface area contributed by atoms with Crippen molar-refractivity contribution in [2.45, 2.75) is 46.8 Å². The second-order valence-electron chi connectivity index (χ2n) is 7.91. The van der Waals surface area contributed by atoms with Crippen molar-refractivity contribution in [1.82, 2.24) is 15.2 Å². The van der Waals surface area contributed by atoms with Crippen LogP contribution in [0.5, 0.6) is 0 Å². The summed E-state index contributed by atoms with van der Waals surface area (Å²) < 4.78 is 5.52. The fourth-order valence-electron chi connectivity index (χ4n) is 2.86. The van der Waals surface area contributed by atoms with Crippen LogP contribution in [0.1, 0.15) is 38.1 Å². The summed E-state index contributed by atoms with van der Waals surface area (Å²) in [6.45, 7) is 9.29. The molecule has 0 saturated carbocycles. The molecule has 7 heteroatoms. The van der Waals surface area contributed by atoms with Crippen LogP contribution < -0.4 is 5.32 Å². The minimum absolute atomic E-state index is 0.155. The maximum atomic E-state index is 13.0. The molecule has 1 N–H and O–H groups in total. The largest absolute Gasteiger partial charge is 0.444 e. The summed E-state index contributed by atoms with van der Waals surface area (Å²) in [5, 5.41) is 2.98. The van der Waals surface area contributed by atoms with Crippen molar-refractivity contribution < 1.29 is 14.3 Å². The fraction of sp³-hybridized carbons (Fsp3) is 0.500. The van der Waals surface area contributed by atoms with Crippen molar-refractivity contribution in [3.8, 4) is 0 Å². The number of benzene rings is 1. The van der Waals surface area contributed by atoms with Gasteiger partial charge in [-0.3, -0.25) is 14.7 Å². The van der Waals surface area contributed by atoms with Gasteiger partial charge in [-0.2, -0.15) is 0 Å². The van der Waals surface area contributed by atoms with Gasteiger partial charge < -0.3 is 10.1 Å². The standard InChI is InChI=1S/C22H31N3O3S/c1-16(2)11-24-21(26)20(10-18-8-6-5-7-9-18)25(13-17(3)4)22(27)28-14-19-12-23-15-29-19/h5-9,12,15-17,20H,10-11,13-14H2,1-4H3,(H,24,26)/t20-/m0/s1. The summed E-state index contributed by atoms with van der Waals surface area (Å²) in [6, 6.07) is 9.12. The summed E-state index contributed by atoms with van der Waals surface area (Å²) >= 11 is 1.43. The number of aromatic nitrogens is 1. The van der Waals surface area contributed by atoms with Gasteiger partial charge in [0.2, 0.25) is 5.91 Å². The lowest BCUT2D eigenvalue weighted by Gasteiger charge is -2.32. The van der Waals surface area contributed by atoms with Gasteiger partial charge in [0.15, 0.2) is 0 Å². The third-order valence-corrected chi connectivity index (χ3v) is 5.01. The van der Waals surface area contributed by atoms with Crippen molar-refractivity contribution in [2.75, 3.05) is 13.1 Å². The Morgan fingerprint density at radius 2 is 1.86 bits per heavy atom. The molecule has 2 rings (SSSR count). The first kappa shape index (κ1) is 22.9. The van der Waals surface area contributed by atoms with E-state index in [0.717, 1.165) is 10.4 Å². The molecule has 2 amide bonds. The van der Waals surface area contributed by atoms with Crippen LogP contribution in [0.15, 0.2) is 42.0 Å². The Morgan fingerprint density at radius 1 is 1.14 bits per heavy atom. The number of nitrogens with one attached hydrogen (secondary N) is 1. The normalized spacial score (nSPS) is 12.1. The van der Waals surface area contributed by atoms with Crippen LogP contribution in [0.4, 0.5) is 4.79 Å². The molecule has 0 spiro atoms. The number of hydrogen-bond acceptors (Lipinski definition) is 5. The van der Waals surface area contributed by atoms with Crippen molar-refractivity contribution in [3.63, 3.8) is 0 Å². The zero-order valence-corrected chi connectivity index (χ0v) is 18.4. The first-order valence-electron chi connectivity index (χ1n) is 9.99. The molecule has 1 heterocycles. The molecule has 1 aromatic carbocycles. The Kier molecular flexibility index (Phi) is 9.12. The molecule has 0 bridgehead atoms. The number of carbonyl (C=O) groups is 2. The minimum atomic E-state index is -0.632. The average molecular weight is 418 g/mol. The Morgan fingerprint density at radius 3 is 2.45 bits per heavy atom. The summed E-state index contributed by atoms with van der Waals surface area (Å²) in [7, 11) is 0. The van der Waals surface area contributed by atoms with E-state index in [9.17, 15) is 9.59 Å². The highest BCUT2D eigenvalue weighted by Crippen LogP contribution is 2.16. The lowest BCUT2D eigenvalue weighted by molar-refractivity contribution is -0.126. The maximum Gasteiger partial charge on any atom is 0.410 e. The SMILES string of the molecule is CC(C)CNC(=O)[C@H](Cc1ccccc1)N(CC(C)C)C(=O)OCc1cncs1. The number of hydrogen-bond donors (Lipinski definition) is 1. The molecule has 6 nitrogen and oxygen atoms in total. The first-order valence-corrected chi connectivity index (χ1v) is 10.9. The fourth-order valence-corrected chi connectivity index (χ4v) is 3.36. The molecule has 0 aliphatic heterocycles. The number of nitrogens with zero attached hydrogens (tertiary/aromatic N) is 2. The molecule has 0 saturated heterocycles. The molecule has 2 aromatic rings. The second-order valence-corrected chi connectivity index (χ2v) is 8.88. The molecule has 0 radical (unpaired) electrons. The van der Waals surface area contributed by atoms with E-state index in [-0.39, 0.29) is 18.4 Å². The Labute approximate surface area is 177 Å². The molecule has 0 unspecified atom stereocenters. The number of carbonyl (C=O) groups excluding carboxylic acids is 2. The van der Waals surface area contributed by atoms with Gasteiger partial charge in [-0.1, -0.05) is 58.0 Å². The number of amides is 2. The van der Waals surface area contributed by atoms with E-state index in [0.29, 0.717) is 25.4 Å². The zero-order chi connectivity index (χ0) is 21.2. The van der Waals surface area contributed by atoms with E-state index < -0.39 is 12.1 Å². The lowest BCUT2D eigenvalue weighted by atomic mass is 10.0. The third kappa shape index (κ3) is 7.85. The van der Waals surface area contributed by atoms with Crippen molar-refractivity contribution in [3.05, 3.63) is 52.5 Å². The molecule has 1 atom stereocenters. The van der Waals surface area contributed by atoms with E-state index in [2.05, 4.69) is 10.3 Å². The van der Waals surface area contributed by atoms with Gasteiger partial charge >= 0.3 is 6.09 Å². The van der Waals surface area contributed by atoms with Crippen LogP contribution >= 0.6 is 11.3 Å². The van der Waals surface area contributed by atoms with Crippen LogP contribution in [0, 0.1) is 11.8 Å². The van der Waals surface area contributed by atoms with Gasteiger partial charge in [0.25, 0.3) is 0 Å². The Hall–Kier alpha value is -2.41. The Bertz CT molecular complexity index is 748. The summed E-state index contributed by atoms with van der Waals surface area (Å²) in [6.07, 6.45) is 1.64. The second kappa shape index (κ2) is 11.6. The molecular weight excluding hydrogens is 386 g/mol. The highest BCUT2D eigenvalue weighted by Gasteiger charge is 2.31. The topological polar surface area (TPSA) is 71.5 Å². The predicted octanol–water partition coefficient (Wildman–Crippen LogP) is 4.12. The molecular formula is C22H31N3O3S. The molecule has 1 aromatic heterocycles. The Balaban J connectivity index is 2.20. The third-order valence-electron chi connectivity index (χ3n) is 4.25. The number of rotatable bonds is 10. The zero-order valence-electron chi connectivity index (χ0n) is 17.6. The van der Waals surface area contributed by atoms with Crippen LogP contribution in [0.25, 0.3) is 0 Å². The van der Waals surface area contributed by atoms with E-state index in [1.165, 1.54) is 11.3 Å². The van der Waals surface area contributed by atoms with Crippen LogP contribution in [-0.2, 0) is 22.6 Å². The summed E-state index contributed by atoms with van der Waals surface area (Å²) in [5.41, 5.74) is 2.70. The van der Waals surface area contributed by atoms with E-state index in [4.69, 9.17) is 4.74 Å². The molecule has 0 aliphatic rings. The van der Waals surface area contributed by atoms with Gasteiger partial charge in [-0.05, 0) is 17.4 Å². The van der Waals surface area contributed by atoms with Crippen LogP contribution in [0.3, 0.4) is 0 Å². The summed E-state index contributed by atoms with van der Waals surface area (Å²) in [4.78, 5) is 32.4. The smallest absolute Gasteiger partial charge is 0.410 e. The van der Waals surface area contributed by atoms with E-state index in [1.54, 1.807) is 16.6 Å². The molecule has 158 valence electrons. The van der Waals surface area contributed by atoms with Gasteiger partial charge in [0.1, 0.15) is 12.6 Å². The van der Waals surface area contributed by atoms with E-state index >= 15 is 0 Å². The predicted molar refractivity (Wildman–Crippen MR) is 116 cm³/mol. The molecule has 29 heavy (non-hydrogen) atoms. The van der Waals surface area contributed by atoms with E-state index in [1.807, 2.05) is 58.0 Å². The van der Waals surface area contributed by atoms with Gasteiger partial charge in [0.05, 0.1) is 10.4 Å². The highest BCUT2D eigenvalue weighted by atomic mass is 32.1. The highest BCUT2D eigenvalue weighted by molar-refractivity contribution is 7.09. The maximum absolute atomic E-state index is 13.0. The molecule has 0 fully saturated rings. The molecule has 0 aliphatic carbocycles. The van der Waals surface area contributed by atoms with Gasteiger partial charge in [-0.25, -0.2) is 4.79 Å². The van der Waals surface area contributed by atoms with Gasteiger partial charge in [-0.15, -0.1) is 11.3 Å². The van der Waals surface area contributed by atoms with Crippen LogP contribution in [-0.4, -0.2) is 41.0 Å². The van der Waals surface area contributed by atoms with Gasteiger partial charge in [0, 0.05) is 25.7 Å². The van der Waals surface area contributed by atoms with Crippen LogP contribution in [0.2, 0.25) is 0 Å². The number of thiazole rings is 1. The number of ether oxygens (including phenoxy) is 1. The quantitative estimate of drug-likeness (QED) is 0.631. The monoisotopic (exact) mass is 417 g/mol. The minimum Gasteiger partial charge on any atom is -0.444 e. The first-order chi connectivity index (χ1) is 13.9. The lowest BCUT2D eigenvalue weighted by Crippen LogP contribution is -2.52. The van der Waals surface area contributed by atoms with Crippen molar-refractivity contribution >= 4 is 23.3 Å². The van der Waals surface area contributed by atoms with Crippen molar-refractivity contribution in [1.29, 1.82) is 0 Å². The van der Waals surface area contributed by atoms with Crippen molar-refractivity contribution in [2.24, 2.45) is 11.8 Å².